The summed E-state index contributed by atoms with van der Waals surface area (Å²) in [4.78, 5) is 51.0. The quantitative estimate of drug-likeness (QED) is 0.655. The van der Waals surface area contributed by atoms with E-state index >= 15 is 0 Å². The van der Waals surface area contributed by atoms with Crippen LogP contribution in [0.1, 0.15) is 73.6 Å². The number of anilines is 2. The maximum Gasteiger partial charge on any atom is 0.273 e. The van der Waals surface area contributed by atoms with Crippen LogP contribution >= 0.6 is 0 Å². The number of nitrogens with one attached hydrogen (secondary N) is 3. The fourth-order valence-electron chi connectivity index (χ4n) is 4.14. The largest absolute Gasteiger partial charge is 0.364 e. The van der Waals surface area contributed by atoms with Crippen molar-refractivity contribution in [3.8, 4) is 0 Å². The summed E-state index contributed by atoms with van der Waals surface area (Å²) in [5.74, 6) is -0.0397. The van der Waals surface area contributed by atoms with E-state index in [1.807, 2.05) is 13.8 Å². The molecule has 164 valence electrons. The molecule has 1 aliphatic heterocycles. The standard InChI is InChI=1S/C22H28N6O3/c1-3-13(2)25-21(30)14-10-18(28-9-5-8-19(28)29)22(31)27-20(14)26-17-7-4-6-16-15(17)11-23-12-24-16/h10-13,17H,3-9H2,1-2H3,(H,25,30)(H2,26,27,31). The number of nitrogens with zero attached hydrogens (tertiary/aromatic N) is 3. The van der Waals surface area contributed by atoms with Crippen LogP contribution in [-0.4, -0.2) is 39.4 Å². The molecular formula is C22H28N6O3. The van der Waals surface area contributed by atoms with E-state index in [1.165, 1.54) is 17.3 Å². The molecule has 0 aromatic carbocycles. The van der Waals surface area contributed by atoms with Crippen molar-refractivity contribution in [1.29, 1.82) is 0 Å². The van der Waals surface area contributed by atoms with Gasteiger partial charge in [0.25, 0.3) is 11.5 Å². The molecule has 0 radical (unpaired) electrons. The third-order valence-corrected chi connectivity index (χ3v) is 6.05. The van der Waals surface area contributed by atoms with E-state index in [2.05, 4.69) is 25.6 Å². The maximum absolute atomic E-state index is 13.1. The van der Waals surface area contributed by atoms with E-state index in [9.17, 15) is 14.4 Å². The molecule has 2 unspecified atom stereocenters. The summed E-state index contributed by atoms with van der Waals surface area (Å²) in [6.45, 7) is 4.40. The summed E-state index contributed by atoms with van der Waals surface area (Å²) in [7, 11) is 0. The van der Waals surface area contributed by atoms with Gasteiger partial charge in [-0.15, -0.1) is 0 Å². The Hall–Kier alpha value is -3.23. The highest BCUT2D eigenvalue weighted by Crippen LogP contribution is 2.32. The van der Waals surface area contributed by atoms with Gasteiger partial charge in [0.05, 0.1) is 11.6 Å². The van der Waals surface area contributed by atoms with Crippen LogP contribution in [0.5, 0.6) is 0 Å². The molecule has 0 bridgehead atoms. The first kappa shape index (κ1) is 21.0. The number of aromatic nitrogens is 3. The Morgan fingerprint density at radius 1 is 1.32 bits per heavy atom. The molecule has 3 heterocycles. The van der Waals surface area contributed by atoms with Gasteiger partial charge >= 0.3 is 0 Å². The van der Waals surface area contributed by atoms with E-state index in [0.717, 1.165) is 36.9 Å². The lowest BCUT2D eigenvalue weighted by atomic mass is 9.92. The normalized spacial score (nSPS) is 19.1. The zero-order valence-electron chi connectivity index (χ0n) is 17.9. The number of fused-ring (bicyclic) bond motifs is 1. The van der Waals surface area contributed by atoms with Crippen molar-refractivity contribution in [2.75, 3.05) is 16.8 Å². The first-order valence-electron chi connectivity index (χ1n) is 10.9. The topological polar surface area (TPSA) is 120 Å². The summed E-state index contributed by atoms with van der Waals surface area (Å²) in [5, 5.41) is 6.31. The van der Waals surface area contributed by atoms with E-state index in [0.29, 0.717) is 30.8 Å². The molecule has 2 aromatic rings. The van der Waals surface area contributed by atoms with Crippen molar-refractivity contribution in [3.05, 3.63) is 45.8 Å². The third kappa shape index (κ3) is 4.30. The van der Waals surface area contributed by atoms with Gasteiger partial charge in [-0.3, -0.25) is 14.4 Å². The fourth-order valence-corrected chi connectivity index (χ4v) is 4.14. The van der Waals surface area contributed by atoms with Crippen LogP contribution in [0.4, 0.5) is 11.5 Å². The van der Waals surface area contributed by atoms with Gasteiger partial charge in [0.1, 0.15) is 17.8 Å². The molecule has 1 saturated heterocycles. The van der Waals surface area contributed by atoms with E-state index < -0.39 is 5.56 Å². The van der Waals surface area contributed by atoms with Crippen molar-refractivity contribution in [3.63, 3.8) is 0 Å². The summed E-state index contributed by atoms with van der Waals surface area (Å²) in [5.41, 5.74) is 2.10. The molecular weight excluding hydrogens is 396 g/mol. The minimum atomic E-state index is -0.391. The lowest BCUT2D eigenvalue weighted by molar-refractivity contribution is -0.117. The summed E-state index contributed by atoms with van der Waals surface area (Å²) in [6, 6.07) is 1.40. The lowest BCUT2D eigenvalue weighted by Crippen LogP contribution is -2.35. The summed E-state index contributed by atoms with van der Waals surface area (Å²) >= 11 is 0. The number of hydrogen-bond donors (Lipinski definition) is 3. The Labute approximate surface area is 180 Å². The number of H-pyrrole nitrogens is 1. The number of aryl methyl sites for hydroxylation is 1. The van der Waals surface area contributed by atoms with Crippen LogP contribution in [0.25, 0.3) is 0 Å². The van der Waals surface area contributed by atoms with E-state index in [-0.39, 0.29) is 29.6 Å². The highest BCUT2D eigenvalue weighted by Gasteiger charge is 2.28. The third-order valence-electron chi connectivity index (χ3n) is 6.05. The molecule has 2 aliphatic rings. The van der Waals surface area contributed by atoms with Crippen molar-refractivity contribution in [2.24, 2.45) is 0 Å². The summed E-state index contributed by atoms with van der Waals surface area (Å²) < 4.78 is 0. The molecule has 4 rings (SSSR count). The van der Waals surface area contributed by atoms with Crippen molar-refractivity contribution >= 4 is 23.3 Å². The Balaban J connectivity index is 1.72. The number of pyridine rings is 1. The second-order valence-electron chi connectivity index (χ2n) is 8.22. The highest BCUT2D eigenvalue weighted by atomic mass is 16.2. The van der Waals surface area contributed by atoms with Crippen LogP contribution < -0.4 is 21.1 Å². The molecule has 2 atom stereocenters. The molecule has 2 aromatic heterocycles. The Kier molecular flexibility index (Phi) is 6.01. The zero-order chi connectivity index (χ0) is 22.0. The highest BCUT2D eigenvalue weighted by molar-refractivity contribution is 6.02. The average Bonchev–Trinajstić information content (AvgIpc) is 3.19. The molecule has 9 nitrogen and oxygen atoms in total. The first-order chi connectivity index (χ1) is 15.0. The molecule has 2 amide bonds. The van der Waals surface area contributed by atoms with Crippen LogP contribution in [0.15, 0.2) is 23.4 Å². The molecule has 1 fully saturated rings. The van der Waals surface area contributed by atoms with Crippen LogP contribution in [0.3, 0.4) is 0 Å². The molecule has 9 heteroatoms. The van der Waals surface area contributed by atoms with Gasteiger partial charge in [-0.1, -0.05) is 6.92 Å². The smallest absolute Gasteiger partial charge is 0.273 e. The predicted octanol–water partition coefficient (Wildman–Crippen LogP) is 2.31. The van der Waals surface area contributed by atoms with Gasteiger partial charge in [0, 0.05) is 36.5 Å². The van der Waals surface area contributed by atoms with Crippen LogP contribution in [0, 0.1) is 0 Å². The number of amides is 2. The van der Waals surface area contributed by atoms with Gasteiger partial charge in [-0.2, -0.15) is 0 Å². The molecule has 0 spiro atoms. The zero-order valence-corrected chi connectivity index (χ0v) is 17.9. The Morgan fingerprint density at radius 3 is 2.90 bits per heavy atom. The second-order valence-corrected chi connectivity index (χ2v) is 8.22. The van der Waals surface area contributed by atoms with Gasteiger partial charge in [-0.05, 0) is 45.1 Å². The van der Waals surface area contributed by atoms with Gasteiger partial charge < -0.3 is 20.5 Å². The first-order valence-corrected chi connectivity index (χ1v) is 10.9. The second kappa shape index (κ2) is 8.87. The van der Waals surface area contributed by atoms with Crippen molar-refractivity contribution < 1.29 is 9.59 Å². The monoisotopic (exact) mass is 424 g/mol. The Morgan fingerprint density at radius 2 is 2.16 bits per heavy atom. The minimum Gasteiger partial charge on any atom is -0.364 e. The molecule has 3 N–H and O–H groups in total. The predicted molar refractivity (Wildman–Crippen MR) is 117 cm³/mol. The number of carbonyl (C=O) groups is 2. The average molecular weight is 425 g/mol. The molecule has 1 aliphatic carbocycles. The number of carbonyl (C=O) groups excluding carboxylic acids is 2. The van der Waals surface area contributed by atoms with Crippen LogP contribution in [-0.2, 0) is 11.2 Å². The van der Waals surface area contributed by atoms with Crippen molar-refractivity contribution in [2.45, 2.75) is 64.5 Å². The van der Waals surface area contributed by atoms with Gasteiger partial charge in [-0.25, -0.2) is 9.97 Å². The van der Waals surface area contributed by atoms with Gasteiger partial charge in [0.2, 0.25) is 5.91 Å². The molecule has 31 heavy (non-hydrogen) atoms. The Bertz CT molecular complexity index is 1050. The number of rotatable bonds is 6. The van der Waals surface area contributed by atoms with Gasteiger partial charge in [0.15, 0.2) is 0 Å². The van der Waals surface area contributed by atoms with Crippen molar-refractivity contribution in [1.82, 2.24) is 20.3 Å². The minimum absolute atomic E-state index is 0.0204. The summed E-state index contributed by atoms with van der Waals surface area (Å²) in [6.07, 6.45) is 7.87. The number of aromatic amines is 1. The van der Waals surface area contributed by atoms with E-state index in [1.54, 1.807) is 6.20 Å². The van der Waals surface area contributed by atoms with E-state index in [4.69, 9.17) is 0 Å². The maximum atomic E-state index is 13.1. The SMILES string of the molecule is CCC(C)NC(=O)c1cc(N2CCCC2=O)c(=O)[nH]c1NC1CCCc2ncncc21. The number of hydrogen-bond acceptors (Lipinski definition) is 6. The molecule has 0 saturated carbocycles. The van der Waals surface area contributed by atoms with Crippen LogP contribution in [0.2, 0.25) is 0 Å². The lowest BCUT2D eigenvalue weighted by Gasteiger charge is -2.27. The fraction of sp³-hybridized carbons (Fsp3) is 0.500.